The number of amides is 2. The Morgan fingerprint density at radius 3 is 3.00 bits per heavy atom. The molecule has 0 fully saturated rings. The van der Waals surface area contributed by atoms with Crippen LogP contribution in [-0.2, 0) is 14.3 Å². The number of nitrogens with zero attached hydrogens (tertiary/aromatic N) is 1. The second-order valence-corrected chi connectivity index (χ2v) is 3.42. The standard InChI is InChI=1S/C10H10N2O4/c1-16-8(13)5-7-10(15)11-9(14)6-3-2-4-12(6)7/h2-4,7H,5H2,1H3,(H,11,14,15)/t7-/m0/s1. The number of ether oxygens (including phenoxy) is 1. The van der Waals surface area contributed by atoms with Gasteiger partial charge in [0.25, 0.3) is 11.8 Å². The van der Waals surface area contributed by atoms with Gasteiger partial charge in [-0.1, -0.05) is 0 Å². The van der Waals surface area contributed by atoms with E-state index in [-0.39, 0.29) is 6.42 Å². The molecule has 0 spiro atoms. The number of carbonyl (C=O) groups excluding carboxylic acids is 3. The van der Waals surface area contributed by atoms with E-state index in [1.165, 1.54) is 11.7 Å². The van der Waals surface area contributed by atoms with Crippen molar-refractivity contribution in [1.82, 2.24) is 9.88 Å². The third kappa shape index (κ3) is 1.58. The zero-order valence-electron chi connectivity index (χ0n) is 8.60. The molecule has 1 N–H and O–H groups in total. The Bertz CT molecular complexity index is 463. The highest BCUT2D eigenvalue weighted by Gasteiger charge is 2.32. The number of hydrogen-bond acceptors (Lipinski definition) is 4. The molecule has 0 unspecified atom stereocenters. The molecule has 6 heteroatoms. The number of imide groups is 1. The molecule has 84 valence electrons. The minimum atomic E-state index is -0.713. The Morgan fingerprint density at radius 2 is 2.31 bits per heavy atom. The summed E-state index contributed by atoms with van der Waals surface area (Å²) in [7, 11) is 1.25. The molecule has 16 heavy (non-hydrogen) atoms. The molecule has 1 atom stereocenters. The highest BCUT2D eigenvalue weighted by atomic mass is 16.5. The maximum Gasteiger partial charge on any atom is 0.308 e. The van der Waals surface area contributed by atoms with Crippen molar-refractivity contribution in [2.45, 2.75) is 12.5 Å². The number of rotatable bonds is 2. The summed E-state index contributed by atoms with van der Waals surface area (Å²) in [5.74, 6) is -1.43. The zero-order chi connectivity index (χ0) is 11.7. The molecule has 0 aromatic carbocycles. The van der Waals surface area contributed by atoms with Gasteiger partial charge in [0.15, 0.2) is 0 Å². The van der Waals surface area contributed by atoms with Gasteiger partial charge in [-0.3, -0.25) is 19.7 Å². The van der Waals surface area contributed by atoms with Crippen molar-refractivity contribution >= 4 is 17.8 Å². The van der Waals surface area contributed by atoms with Gasteiger partial charge in [0.1, 0.15) is 11.7 Å². The van der Waals surface area contributed by atoms with E-state index in [4.69, 9.17) is 0 Å². The highest BCUT2D eigenvalue weighted by molar-refractivity contribution is 6.08. The van der Waals surface area contributed by atoms with Crippen molar-refractivity contribution in [3.63, 3.8) is 0 Å². The van der Waals surface area contributed by atoms with Crippen LogP contribution in [0.3, 0.4) is 0 Å². The molecule has 2 heterocycles. The fraction of sp³-hybridized carbons (Fsp3) is 0.300. The number of nitrogens with one attached hydrogen (secondary N) is 1. The fourth-order valence-corrected chi connectivity index (χ4v) is 1.68. The van der Waals surface area contributed by atoms with Gasteiger partial charge in [-0.05, 0) is 12.1 Å². The van der Waals surface area contributed by atoms with Gasteiger partial charge in [-0.15, -0.1) is 0 Å². The maximum atomic E-state index is 11.6. The van der Waals surface area contributed by atoms with Crippen LogP contribution in [0, 0.1) is 0 Å². The van der Waals surface area contributed by atoms with E-state index in [1.54, 1.807) is 18.3 Å². The second-order valence-electron chi connectivity index (χ2n) is 3.42. The molecule has 0 saturated carbocycles. The molecule has 1 aromatic rings. The van der Waals surface area contributed by atoms with Crippen LogP contribution in [0.2, 0.25) is 0 Å². The van der Waals surface area contributed by atoms with E-state index in [2.05, 4.69) is 10.1 Å². The van der Waals surface area contributed by atoms with Crippen LogP contribution in [0.1, 0.15) is 23.0 Å². The lowest BCUT2D eigenvalue weighted by atomic mass is 10.1. The Labute approximate surface area is 91.2 Å². The highest BCUT2D eigenvalue weighted by Crippen LogP contribution is 2.20. The summed E-state index contributed by atoms with van der Waals surface area (Å²) < 4.78 is 5.99. The lowest BCUT2D eigenvalue weighted by Crippen LogP contribution is -2.44. The SMILES string of the molecule is COC(=O)C[C@H]1C(=O)NC(=O)c2cccn21. The number of hydrogen-bond donors (Lipinski definition) is 1. The minimum Gasteiger partial charge on any atom is -0.469 e. The van der Waals surface area contributed by atoms with Gasteiger partial charge >= 0.3 is 5.97 Å². The van der Waals surface area contributed by atoms with E-state index in [0.29, 0.717) is 5.69 Å². The Kier molecular flexibility index (Phi) is 2.47. The van der Waals surface area contributed by atoms with E-state index in [1.807, 2.05) is 0 Å². The first-order valence-corrected chi connectivity index (χ1v) is 4.72. The molecule has 0 aliphatic carbocycles. The van der Waals surface area contributed by atoms with Crippen LogP contribution in [-0.4, -0.2) is 29.5 Å². The molecule has 1 aliphatic rings. The third-order valence-corrected chi connectivity index (χ3v) is 2.47. The van der Waals surface area contributed by atoms with Crippen molar-refractivity contribution < 1.29 is 19.1 Å². The normalized spacial score (nSPS) is 18.9. The lowest BCUT2D eigenvalue weighted by Gasteiger charge is -2.23. The summed E-state index contributed by atoms with van der Waals surface area (Å²) in [4.78, 5) is 34.1. The summed E-state index contributed by atoms with van der Waals surface area (Å²) in [5.41, 5.74) is 0.369. The van der Waals surface area contributed by atoms with Crippen LogP contribution in [0.5, 0.6) is 0 Å². The third-order valence-electron chi connectivity index (χ3n) is 2.47. The van der Waals surface area contributed by atoms with Crippen LogP contribution in [0.4, 0.5) is 0 Å². The van der Waals surface area contributed by atoms with Crippen molar-refractivity contribution in [1.29, 1.82) is 0 Å². The number of carbonyl (C=O) groups is 3. The van der Waals surface area contributed by atoms with Gasteiger partial charge in [0.05, 0.1) is 13.5 Å². The first-order valence-electron chi connectivity index (χ1n) is 4.72. The van der Waals surface area contributed by atoms with Gasteiger partial charge in [0, 0.05) is 6.20 Å². The predicted octanol–water partition coefficient (Wildman–Crippen LogP) is -0.138. The average molecular weight is 222 g/mol. The lowest BCUT2D eigenvalue weighted by molar-refractivity contribution is -0.143. The van der Waals surface area contributed by atoms with Crippen LogP contribution < -0.4 is 5.32 Å². The van der Waals surface area contributed by atoms with Crippen molar-refractivity contribution in [2.75, 3.05) is 7.11 Å². The number of methoxy groups -OCH3 is 1. The summed E-state index contributed by atoms with van der Waals surface area (Å²) in [6.45, 7) is 0. The molecule has 2 rings (SSSR count). The molecule has 0 saturated heterocycles. The predicted molar refractivity (Wildman–Crippen MR) is 52.6 cm³/mol. The quantitative estimate of drug-likeness (QED) is 0.558. The second kappa shape index (κ2) is 3.80. The van der Waals surface area contributed by atoms with Crippen LogP contribution in [0.15, 0.2) is 18.3 Å². The topological polar surface area (TPSA) is 77.4 Å². The monoisotopic (exact) mass is 222 g/mol. The smallest absolute Gasteiger partial charge is 0.308 e. The van der Waals surface area contributed by atoms with Gasteiger partial charge in [0.2, 0.25) is 0 Å². The summed E-state index contributed by atoms with van der Waals surface area (Å²) in [6, 6.07) is 2.53. The zero-order valence-corrected chi connectivity index (χ0v) is 8.60. The Hall–Kier alpha value is -2.11. The summed E-state index contributed by atoms with van der Waals surface area (Å²) in [5, 5.41) is 2.19. The Balaban J connectivity index is 2.33. The van der Waals surface area contributed by atoms with E-state index in [9.17, 15) is 14.4 Å². The number of esters is 1. The molecular weight excluding hydrogens is 212 g/mol. The summed E-state index contributed by atoms with van der Waals surface area (Å²) in [6.07, 6.45) is 1.51. The van der Waals surface area contributed by atoms with Crippen molar-refractivity contribution in [2.24, 2.45) is 0 Å². The average Bonchev–Trinajstić information content (AvgIpc) is 2.73. The summed E-state index contributed by atoms with van der Waals surface area (Å²) >= 11 is 0. The molecule has 0 radical (unpaired) electrons. The van der Waals surface area contributed by atoms with Crippen LogP contribution in [0.25, 0.3) is 0 Å². The largest absolute Gasteiger partial charge is 0.469 e. The van der Waals surface area contributed by atoms with Crippen molar-refractivity contribution in [3.8, 4) is 0 Å². The van der Waals surface area contributed by atoms with Gasteiger partial charge in [-0.2, -0.15) is 0 Å². The van der Waals surface area contributed by atoms with Gasteiger partial charge in [-0.25, -0.2) is 0 Å². The minimum absolute atomic E-state index is 0.0860. The van der Waals surface area contributed by atoms with E-state index >= 15 is 0 Å². The number of fused-ring (bicyclic) bond motifs is 1. The van der Waals surface area contributed by atoms with Crippen molar-refractivity contribution in [3.05, 3.63) is 24.0 Å². The number of aromatic nitrogens is 1. The maximum absolute atomic E-state index is 11.6. The first kappa shape index (κ1) is 10.4. The fourth-order valence-electron chi connectivity index (χ4n) is 1.68. The van der Waals surface area contributed by atoms with Crippen LogP contribution >= 0.6 is 0 Å². The molecule has 6 nitrogen and oxygen atoms in total. The molecule has 1 aromatic heterocycles. The molecule has 1 aliphatic heterocycles. The Morgan fingerprint density at radius 1 is 1.56 bits per heavy atom. The first-order chi connectivity index (χ1) is 7.63. The molecule has 0 bridgehead atoms. The van der Waals surface area contributed by atoms with E-state index < -0.39 is 23.8 Å². The molecular formula is C10H10N2O4. The molecule has 2 amide bonds. The van der Waals surface area contributed by atoms with Gasteiger partial charge < -0.3 is 9.30 Å². The van der Waals surface area contributed by atoms with E-state index in [0.717, 1.165) is 0 Å².